The highest BCUT2D eigenvalue weighted by atomic mass is 79.9. The summed E-state index contributed by atoms with van der Waals surface area (Å²) >= 11 is 3.36. The third-order valence-electron chi connectivity index (χ3n) is 2.75. The Bertz CT molecular complexity index is 549. The lowest BCUT2D eigenvalue weighted by molar-refractivity contribution is -0.116. The third-order valence-corrected chi connectivity index (χ3v) is 3.28. The number of halogens is 1. The van der Waals surface area contributed by atoms with Gasteiger partial charge >= 0.3 is 0 Å². The summed E-state index contributed by atoms with van der Waals surface area (Å²) in [5.74, 6) is 0.0131. The Hall–Kier alpha value is -1.81. The maximum atomic E-state index is 11.8. The Morgan fingerprint density at radius 2 is 1.68 bits per heavy atom. The van der Waals surface area contributed by atoms with Crippen LogP contribution in [0.4, 0.5) is 11.4 Å². The van der Waals surface area contributed by atoms with Gasteiger partial charge in [-0.25, -0.2) is 0 Å². The molecule has 2 aromatic rings. The number of aryl methyl sites for hydroxylation is 1. The van der Waals surface area contributed by atoms with Crippen LogP contribution in [0.15, 0.2) is 53.0 Å². The monoisotopic (exact) mass is 318 g/mol. The van der Waals surface area contributed by atoms with Crippen molar-refractivity contribution in [2.45, 2.75) is 12.8 Å². The van der Waals surface area contributed by atoms with Gasteiger partial charge in [-0.3, -0.25) is 4.79 Å². The molecule has 3 nitrogen and oxygen atoms in total. The maximum Gasteiger partial charge on any atom is 0.224 e. The smallest absolute Gasteiger partial charge is 0.224 e. The number of nitrogens with one attached hydrogen (secondary N) is 1. The van der Waals surface area contributed by atoms with Gasteiger partial charge in [0.25, 0.3) is 0 Å². The first-order valence-corrected chi connectivity index (χ1v) is 6.82. The molecule has 0 radical (unpaired) electrons. The summed E-state index contributed by atoms with van der Waals surface area (Å²) in [6.45, 7) is 0. The average Bonchev–Trinajstić information content (AvgIpc) is 2.41. The number of rotatable bonds is 4. The molecule has 0 aliphatic rings. The van der Waals surface area contributed by atoms with Crippen LogP contribution in [0.5, 0.6) is 0 Å². The van der Waals surface area contributed by atoms with Crippen molar-refractivity contribution in [1.82, 2.24) is 0 Å². The van der Waals surface area contributed by atoms with Gasteiger partial charge < -0.3 is 11.1 Å². The summed E-state index contributed by atoms with van der Waals surface area (Å²) in [5, 5.41) is 2.87. The SMILES string of the molecule is Nc1ccc(CCC(=O)Nc2ccc(Br)cc2)cc1. The summed E-state index contributed by atoms with van der Waals surface area (Å²) in [5.41, 5.74) is 8.27. The van der Waals surface area contributed by atoms with E-state index in [-0.39, 0.29) is 5.91 Å². The van der Waals surface area contributed by atoms with Crippen LogP contribution in [0, 0.1) is 0 Å². The third kappa shape index (κ3) is 4.41. The lowest BCUT2D eigenvalue weighted by atomic mass is 10.1. The van der Waals surface area contributed by atoms with Gasteiger partial charge in [0.1, 0.15) is 0 Å². The summed E-state index contributed by atoms with van der Waals surface area (Å²) in [6.07, 6.45) is 1.17. The van der Waals surface area contributed by atoms with E-state index in [0.717, 1.165) is 21.4 Å². The van der Waals surface area contributed by atoms with Crippen LogP contribution >= 0.6 is 15.9 Å². The van der Waals surface area contributed by atoms with Gasteiger partial charge in [0, 0.05) is 22.3 Å². The highest BCUT2D eigenvalue weighted by molar-refractivity contribution is 9.10. The van der Waals surface area contributed by atoms with Gasteiger partial charge in [0.2, 0.25) is 5.91 Å². The van der Waals surface area contributed by atoms with Gasteiger partial charge in [-0.2, -0.15) is 0 Å². The van der Waals surface area contributed by atoms with Crippen molar-refractivity contribution in [3.05, 3.63) is 58.6 Å². The minimum absolute atomic E-state index is 0.0131. The molecule has 1 amide bonds. The van der Waals surface area contributed by atoms with Crippen molar-refractivity contribution in [3.8, 4) is 0 Å². The predicted molar refractivity (Wildman–Crippen MR) is 81.9 cm³/mol. The molecule has 0 aromatic heterocycles. The van der Waals surface area contributed by atoms with E-state index in [1.54, 1.807) is 0 Å². The lowest BCUT2D eigenvalue weighted by Gasteiger charge is -2.05. The second kappa shape index (κ2) is 6.38. The maximum absolute atomic E-state index is 11.8. The Morgan fingerprint density at radius 1 is 1.05 bits per heavy atom. The van der Waals surface area contributed by atoms with Gasteiger partial charge in [0.05, 0.1) is 0 Å². The van der Waals surface area contributed by atoms with Crippen LogP contribution in [0.2, 0.25) is 0 Å². The molecule has 2 rings (SSSR count). The van der Waals surface area contributed by atoms with Crippen LogP contribution in [0.25, 0.3) is 0 Å². The van der Waals surface area contributed by atoms with E-state index in [0.29, 0.717) is 12.8 Å². The molecule has 0 saturated heterocycles. The van der Waals surface area contributed by atoms with Crippen LogP contribution in [0.3, 0.4) is 0 Å². The molecular formula is C15H15BrN2O. The molecular weight excluding hydrogens is 304 g/mol. The Labute approximate surface area is 121 Å². The molecule has 0 unspecified atom stereocenters. The van der Waals surface area contributed by atoms with Crippen molar-refractivity contribution in [2.75, 3.05) is 11.1 Å². The number of hydrogen-bond acceptors (Lipinski definition) is 2. The summed E-state index contributed by atoms with van der Waals surface area (Å²) in [6, 6.07) is 15.1. The number of nitrogen functional groups attached to an aromatic ring is 1. The summed E-state index contributed by atoms with van der Waals surface area (Å²) in [7, 11) is 0. The largest absolute Gasteiger partial charge is 0.399 e. The average molecular weight is 319 g/mol. The zero-order valence-electron chi connectivity index (χ0n) is 10.4. The quantitative estimate of drug-likeness (QED) is 0.846. The number of hydrogen-bond donors (Lipinski definition) is 2. The number of anilines is 2. The van der Waals surface area contributed by atoms with Gasteiger partial charge in [-0.1, -0.05) is 28.1 Å². The molecule has 0 heterocycles. The zero-order chi connectivity index (χ0) is 13.7. The van der Waals surface area contributed by atoms with E-state index in [9.17, 15) is 4.79 Å². The number of benzene rings is 2. The fraction of sp³-hybridized carbons (Fsp3) is 0.133. The molecule has 0 bridgehead atoms. The lowest BCUT2D eigenvalue weighted by Crippen LogP contribution is -2.12. The Balaban J connectivity index is 1.84. The number of carbonyl (C=O) groups is 1. The van der Waals surface area contributed by atoms with E-state index in [4.69, 9.17) is 5.73 Å². The molecule has 2 aromatic carbocycles. The van der Waals surface area contributed by atoms with Crippen molar-refractivity contribution >= 4 is 33.2 Å². The predicted octanol–water partition coefficient (Wildman–Crippen LogP) is 3.60. The van der Waals surface area contributed by atoms with E-state index in [1.165, 1.54) is 0 Å². The van der Waals surface area contributed by atoms with Crippen molar-refractivity contribution in [2.24, 2.45) is 0 Å². The van der Waals surface area contributed by atoms with Crippen LogP contribution in [-0.2, 0) is 11.2 Å². The molecule has 19 heavy (non-hydrogen) atoms. The highest BCUT2D eigenvalue weighted by Crippen LogP contribution is 2.14. The number of carbonyl (C=O) groups excluding carboxylic acids is 1. The minimum Gasteiger partial charge on any atom is -0.399 e. The minimum atomic E-state index is 0.0131. The number of amides is 1. The Kier molecular flexibility index (Phi) is 4.58. The second-order valence-electron chi connectivity index (χ2n) is 4.30. The van der Waals surface area contributed by atoms with E-state index in [1.807, 2.05) is 48.5 Å². The molecule has 98 valence electrons. The molecule has 0 atom stereocenters. The molecule has 0 aliphatic heterocycles. The molecule has 0 spiro atoms. The highest BCUT2D eigenvalue weighted by Gasteiger charge is 2.03. The standard InChI is InChI=1S/C15H15BrN2O/c16-12-4-8-14(9-5-12)18-15(19)10-3-11-1-6-13(17)7-2-11/h1-2,4-9H,3,10,17H2,(H,18,19). The fourth-order valence-electron chi connectivity index (χ4n) is 1.70. The second-order valence-corrected chi connectivity index (χ2v) is 5.21. The first-order valence-electron chi connectivity index (χ1n) is 6.03. The Morgan fingerprint density at radius 3 is 2.32 bits per heavy atom. The fourth-order valence-corrected chi connectivity index (χ4v) is 1.96. The van der Waals surface area contributed by atoms with Crippen molar-refractivity contribution in [1.29, 1.82) is 0 Å². The van der Waals surface area contributed by atoms with Gasteiger partial charge in [-0.05, 0) is 48.4 Å². The molecule has 0 fully saturated rings. The molecule has 0 aliphatic carbocycles. The van der Waals surface area contributed by atoms with Gasteiger partial charge in [0.15, 0.2) is 0 Å². The zero-order valence-corrected chi connectivity index (χ0v) is 12.0. The van der Waals surface area contributed by atoms with E-state index < -0.39 is 0 Å². The first kappa shape index (κ1) is 13.6. The summed E-state index contributed by atoms with van der Waals surface area (Å²) < 4.78 is 0.993. The van der Waals surface area contributed by atoms with Crippen LogP contribution in [-0.4, -0.2) is 5.91 Å². The molecule has 3 N–H and O–H groups in total. The van der Waals surface area contributed by atoms with Crippen molar-refractivity contribution < 1.29 is 4.79 Å². The topological polar surface area (TPSA) is 55.1 Å². The number of nitrogens with two attached hydrogens (primary N) is 1. The summed E-state index contributed by atoms with van der Waals surface area (Å²) in [4.78, 5) is 11.8. The first-order chi connectivity index (χ1) is 9.13. The van der Waals surface area contributed by atoms with Gasteiger partial charge in [-0.15, -0.1) is 0 Å². The molecule has 0 saturated carbocycles. The van der Waals surface area contributed by atoms with Crippen LogP contribution < -0.4 is 11.1 Å². The van der Waals surface area contributed by atoms with E-state index >= 15 is 0 Å². The normalized spacial score (nSPS) is 10.2. The molecule has 4 heteroatoms. The van der Waals surface area contributed by atoms with Crippen molar-refractivity contribution in [3.63, 3.8) is 0 Å². The van der Waals surface area contributed by atoms with Crippen LogP contribution in [0.1, 0.15) is 12.0 Å². The van der Waals surface area contributed by atoms with E-state index in [2.05, 4.69) is 21.2 Å².